The predicted octanol–water partition coefficient (Wildman–Crippen LogP) is 3.04. The zero-order valence-electron chi connectivity index (χ0n) is 11.3. The van der Waals surface area contributed by atoms with Crippen molar-refractivity contribution in [3.63, 3.8) is 0 Å². The van der Waals surface area contributed by atoms with Crippen LogP contribution in [-0.4, -0.2) is 18.6 Å². The third kappa shape index (κ3) is 2.67. The van der Waals surface area contributed by atoms with Gasteiger partial charge in [-0.15, -0.1) is 0 Å². The fourth-order valence-electron chi connectivity index (χ4n) is 2.67. The Morgan fingerprint density at radius 3 is 2.35 bits per heavy atom. The van der Waals surface area contributed by atoms with E-state index in [0.29, 0.717) is 5.56 Å². The fraction of sp³-hybridized carbons (Fsp3) is 0.235. The minimum Gasteiger partial charge on any atom is -0.351 e. The van der Waals surface area contributed by atoms with Gasteiger partial charge in [0, 0.05) is 17.8 Å². The van der Waals surface area contributed by atoms with Crippen LogP contribution in [0.5, 0.6) is 0 Å². The molecule has 1 unspecified atom stereocenters. The lowest BCUT2D eigenvalue weighted by Crippen LogP contribution is -2.44. The van der Waals surface area contributed by atoms with E-state index in [-0.39, 0.29) is 12.1 Å². The molecule has 0 spiro atoms. The summed E-state index contributed by atoms with van der Waals surface area (Å²) in [7, 11) is 0. The number of hydrogen-bond donors (Lipinski definition) is 1. The van der Waals surface area contributed by atoms with Crippen molar-refractivity contribution < 1.29 is 4.79 Å². The molecule has 1 aliphatic heterocycles. The number of hydrogen-bond acceptors (Lipinski definition) is 2. The van der Waals surface area contributed by atoms with Gasteiger partial charge in [0.25, 0.3) is 5.91 Å². The first kappa shape index (κ1) is 12.7. The number of para-hydroxylation sites is 1. The van der Waals surface area contributed by atoms with E-state index in [0.717, 1.165) is 19.4 Å². The molecule has 2 aromatic rings. The summed E-state index contributed by atoms with van der Waals surface area (Å²) in [6.45, 7) is 0.990. The van der Waals surface area contributed by atoms with Crippen LogP contribution in [0.1, 0.15) is 23.2 Å². The van der Waals surface area contributed by atoms with Crippen LogP contribution in [0.2, 0.25) is 0 Å². The van der Waals surface area contributed by atoms with Crippen LogP contribution < -0.4 is 10.2 Å². The number of benzene rings is 2. The summed E-state index contributed by atoms with van der Waals surface area (Å²) in [6, 6.07) is 19.6. The van der Waals surface area contributed by atoms with E-state index < -0.39 is 0 Å². The minimum atomic E-state index is -0.00145. The van der Waals surface area contributed by atoms with Gasteiger partial charge >= 0.3 is 0 Å². The van der Waals surface area contributed by atoms with Crippen molar-refractivity contribution in [3.8, 4) is 0 Å². The van der Waals surface area contributed by atoms with Crippen LogP contribution >= 0.6 is 0 Å². The second-order valence-electron chi connectivity index (χ2n) is 5.03. The second-order valence-corrected chi connectivity index (χ2v) is 5.03. The molecule has 2 aromatic carbocycles. The number of rotatable bonds is 3. The summed E-state index contributed by atoms with van der Waals surface area (Å²) in [5.41, 5.74) is 1.88. The maximum absolute atomic E-state index is 12.2. The third-order valence-corrected chi connectivity index (χ3v) is 3.67. The maximum Gasteiger partial charge on any atom is 0.252 e. The molecule has 20 heavy (non-hydrogen) atoms. The first-order valence-electron chi connectivity index (χ1n) is 7.02. The number of amides is 1. The molecular weight excluding hydrogens is 248 g/mol. The van der Waals surface area contributed by atoms with Gasteiger partial charge in [-0.05, 0) is 37.1 Å². The van der Waals surface area contributed by atoms with Crippen LogP contribution in [0.25, 0.3) is 0 Å². The first-order chi connectivity index (χ1) is 9.84. The molecule has 1 heterocycles. The van der Waals surface area contributed by atoms with Crippen molar-refractivity contribution >= 4 is 11.6 Å². The fourth-order valence-corrected chi connectivity index (χ4v) is 2.67. The summed E-state index contributed by atoms with van der Waals surface area (Å²) in [5.74, 6) is -0.00145. The van der Waals surface area contributed by atoms with E-state index in [1.165, 1.54) is 5.69 Å². The highest BCUT2D eigenvalue weighted by Gasteiger charge is 2.26. The number of nitrogens with zero attached hydrogens (tertiary/aromatic N) is 1. The monoisotopic (exact) mass is 266 g/mol. The molecule has 3 heteroatoms. The Hall–Kier alpha value is -2.29. The normalized spacial score (nSPS) is 18.0. The molecular formula is C17H18N2O. The molecule has 0 saturated carbocycles. The third-order valence-electron chi connectivity index (χ3n) is 3.67. The highest BCUT2D eigenvalue weighted by molar-refractivity contribution is 5.94. The van der Waals surface area contributed by atoms with Gasteiger partial charge in [0.2, 0.25) is 0 Å². The summed E-state index contributed by atoms with van der Waals surface area (Å²) < 4.78 is 0. The van der Waals surface area contributed by atoms with Crippen LogP contribution in [-0.2, 0) is 0 Å². The second kappa shape index (κ2) is 5.78. The molecule has 102 valence electrons. The highest BCUT2D eigenvalue weighted by atomic mass is 16.1. The largest absolute Gasteiger partial charge is 0.351 e. The van der Waals surface area contributed by atoms with Gasteiger partial charge in [-0.1, -0.05) is 36.4 Å². The molecule has 1 aliphatic rings. The van der Waals surface area contributed by atoms with Gasteiger partial charge in [0.15, 0.2) is 0 Å². The van der Waals surface area contributed by atoms with Crippen LogP contribution in [0.3, 0.4) is 0 Å². The molecule has 0 bridgehead atoms. The Morgan fingerprint density at radius 1 is 1.00 bits per heavy atom. The molecule has 3 nitrogen and oxygen atoms in total. The Balaban J connectivity index is 1.72. The minimum absolute atomic E-state index is 0.00145. The van der Waals surface area contributed by atoms with Crippen molar-refractivity contribution in [1.82, 2.24) is 5.32 Å². The Kier molecular flexibility index (Phi) is 3.68. The number of anilines is 1. The predicted molar refractivity (Wildman–Crippen MR) is 80.7 cm³/mol. The molecule has 0 aliphatic carbocycles. The van der Waals surface area contributed by atoms with E-state index in [2.05, 4.69) is 22.3 Å². The lowest BCUT2D eigenvalue weighted by atomic mass is 10.2. The van der Waals surface area contributed by atoms with E-state index in [9.17, 15) is 4.79 Å². The standard InChI is InChI=1S/C17H18N2O/c20-17(14-8-3-1-4-9-14)18-16-12-7-13-19(16)15-10-5-2-6-11-15/h1-6,8-11,16H,7,12-13H2,(H,18,20). The summed E-state index contributed by atoms with van der Waals surface area (Å²) in [6.07, 6.45) is 2.19. The molecule has 0 aromatic heterocycles. The number of carbonyl (C=O) groups excluding carboxylic acids is 1. The molecule has 0 radical (unpaired) electrons. The van der Waals surface area contributed by atoms with E-state index in [4.69, 9.17) is 0 Å². The maximum atomic E-state index is 12.2. The van der Waals surface area contributed by atoms with Gasteiger partial charge in [0.05, 0.1) is 0 Å². The molecule has 1 atom stereocenters. The molecule has 3 rings (SSSR count). The molecule has 1 N–H and O–H groups in total. The Labute approximate surface area is 119 Å². The van der Waals surface area contributed by atoms with Gasteiger partial charge in [-0.2, -0.15) is 0 Å². The summed E-state index contributed by atoms with van der Waals surface area (Å²) in [5, 5.41) is 3.13. The lowest BCUT2D eigenvalue weighted by Gasteiger charge is -2.27. The van der Waals surface area contributed by atoms with Crippen molar-refractivity contribution in [2.24, 2.45) is 0 Å². The van der Waals surface area contributed by atoms with Crippen LogP contribution in [0.15, 0.2) is 60.7 Å². The first-order valence-corrected chi connectivity index (χ1v) is 7.02. The van der Waals surface area contributed by atoms with E-state index in [1.54, 1.807) is 0 Å². The summed E-state index contributed by atoms with van der Waals surface area (Å²) in [4.78, 5) is 14.5. The van der Waals surface area contributed by atoms with Gasteiger partial charge in [-0.25, -0.2) is 0 Å². The van der Waals surface area contributed by atoms with Crippen molar-refractivity contribution in [2.75, 3.05) is 11.4 Å². The Bertz CT molecular complexity index is 568. The average molecular weight is 266 g/mol. The topological polar surface area (TPSA) is 32.3 Å². The van der Waals surface area contributed by atoms with Gasteiger partial charge < -0.3 is 10.2 Å². The van der Waals surface area contributed by atoms with Crippen LogP contribution in [0.4, 0.5) is 5.69 Å². The molecule has 1 fully saturated rings. The van der Waals surface area contributed by atoms with Crippen LogP contribution in [0, 0.1) is 0 Å². The number of nitrogens with one attached hydrogen (secondary N) is 1. The van der Waals surface area contributed by atoms with Crippen molar-refractivity contribution in [2.45, 2.75) is 19.0 Å². The zero-order valence-corrected chi connectivity index (χ0v) is 11.3. The SMILES string of the molecule is O=C(NC1CCCN1c1ccccc1)c1ccccc1. The van der Waals surface area contributed by atoms with Crippen molar-refractivity contribution in [3.05, 3.63) is 66.2 Å². The Morgan fingerprint density at radius 2 is 1.65 bits per heavy atom. The zero-order chi connectivity index (χ0) is 13.8. The molecule has 1 saturated heterocycles. The smallest absolute Gasteiger partial charge is 0.252 e. The molecule has 1 amide bonds. The van der Waals surface area contributed by atoms with Gasteiger partial charge in [-0.3, -0.25) is 4.79 Å². The van der Waals surface area contributed by atoms with Gasteiger partial charge in [0.1, 0.15) is 6.17 Å². The van der Waals surface area contributed by atoms with Crippen molar-refractivity contribution in [1.29, 1.82) is 0 Å². The summed E-state index contributed by atoms with van der Waals surface area (Å²) >= 11 is 0. The number of carbonyl (C=O) groups is 1. The van der Waals surface area contributed by atoms with E-state index >= 15 is 0 Å². The average Bonchev–Trinajstić information content (AvgIpc) is 2.97. The lowest BCUT2D eigenvalue weighted by molar-refractivity contribution is 0.0938. The quantitative estimate of drug-likeness (QED) is 0.926. The van der Waals surface area contributed by atoms with E-state index in [1.807, 2.05) is 48.5 Å². The highest BCUT2D eigenvalue weighted by Crippen LogP contribution is 2.23.